The number of halogens is 1. The highest BCUT2D eigenvalue weighted by atomic mass is 127. The summed E-state index contributed by atoms with van der Waals surface area (Å²) < 4.78 is 6.74. The number of rotatable bonds is 2. The summed E-state index contributed by atoms with van der Waals surface area (Å²) in [6.07, 6.45) is 0. The van der Waals surface area contributed by atoms with Crippen molar-refractivity contribution in [2.75, 3.05) is 19.8 Å². The smallest absolute Gasteiger partial charge is 0.0619 e. The number of hydrogen-bond donors (Lipinski definition) is 0. The molecule has 1 saturated heterocycles. The van der Waals surface area contributed by atoms with E-state index < -0.39 is 0 Å². The van der Waals surface area contributed by atoms with Gasteiger partial charge in [0.05, 0.1) is 13.2 Å². The van der Waals surface area contributed by atoms with Crippen LogP contribution in [0, 0.1) is 3.57 Å². The molecule has 1 fully saturated rings. The van der Waals surface area contributed by atoms with Crippen LogP contribution in [0.3, 0.4) is 0 Å². The van der Waals surface area contributed by atoms with Crippen molar-refractivity contribution in [2.45, 2.75) is 19.5 Å². The number of nitrogens with zero attached hydrogens (tertiary/aromatic N) is 1. The van der Waals surface area contributed by atoms with Crippen LogP contribution in [-0.4, -0.2) is 30.7 Å². The average molecular weight is 317 g/mol. The summed E-state index contributed by atoms with van der Waals surface area (Å²) in [4.78, 5) is 2.48. The Morgan fingerprint density at radius 2 is 2.40 bits per heavy atom. The molecule has 0 amide bonds. The lowest BCUT2D eigenvalue weighted by Crippen LogP contribution is -2.42. The lowest BCUT2D eigenvalue weighted by molar-refractivity contribution is -0.00437. The van der Waals surface area contributed by atoms with E-state index in [0.29, 0.717) is 6.04 Å². The van der Waals surface area contributed by atoms with Crippen LogP contribution in [0.4, 0.5) is 0 Å². The van der Waals surface area contributed by atoms with Crippen LogP contribution in [0.1, 0.15) is 12.5 Å². The highest BCUT2D eigenvalue weighted by Gasteiger charge is 2.18. The number of benzene rings is 1. The molecule has 1 aliphatic rings. The average Bonchev–Trinajstić information content (AvgIpc) is 2.22. The van der Waals surface area contributed by atoms with Gasteiger partial charge in [0.1, 0.15) is 0 Å². The lowest BCUT2D eigenvalue weighted by atomic mass is 10.1. The van der Waals surface area contributed by atoms with Crippen molar-refractivity contribution in [2.24, 2.45) is 0 Å². The molecule has 15 heavy (non-hydrogen) atoms. The fourth-order valence-corrected chi connectivity index (χ4v) is 2.47. The molecule has 1 aromatic carbocycles. The van der Waals surface area contributed by atoms with Crippen LogP contribution in [0.25, 0.3) is 0 Å². The molecule has 0 spiro atoms. The van der Waals surface area contributed by atoms with E-state index in [4.69, 9.17) is 4.74 Å². The van der Waals surface area contributed by atoms with Crippen molar-refractivity contribution in [1.82, 2.24) is 4.90 Å². The van der Waals surface area contributed by atoms with Crippen LogP contribution >= 0.6 is 22.6 Å². The first-order valence-corrected chi connectivity index (χ1v) is 6.40. The maximum absolute atomic E-state index is 5.43. The topological polar surface area (TPSA) is 12.5 Å². The molecule has 0 bridgehead atoms. The van der Waals surface area contributed by atoms with Crippen LogP contribution in [0.5, 0.6) is 0 Å². The van der Waals surface area contributed by atoms with E-state index in [9.17, 15) is 0 Å². The van der Waals surface area contributed by atoms with Gasteiger partial charge in [0, 0.05) is 22.7 Å². The van der Waals surface area contributed by atoms with E-state index in [-0.39, 0.29) is 0 Å². The van der Waals surface area contributed by atoms with E-state index in [1.165, 1.54) is 9.13 Å². The van der Waals surface area contributed by atoms with E-state index >= 15 is 0 Å². The summed E-state index contributed by atoms with van der Waals surface area (Å²) in [5, 5.41) is 0. The molecule has 0 aliphatic carbocycles. The second-order valence-electron chi connectivity index (χ2n) is 4.02. The first-order chi connectivity index (χ1) is 7.25. The molecule has 3 heteroatoms. The van der Waals surface area contributed by atoms with Gasteiger partial charge in [-0.25, -0.2) is 0 Å². The van der Waals surface area contributed by atoms with E-state index in [1.807, 2.05) is 0 Å². The Balaban J connectivity index is 2.01. The van der Waals surface area contributed by atoms with Gasteiger partial charge in [-0.1, -0.05) is 12.1 Å². The van der Waals surface area contributed by atoms with Gasteiger partial charge in [-0.2, -0.15) is 0 Å². The summed E-state index contributed by atoms with van der Waals surface area (Å²) >= 11 is 2.36. The third kappa shape index (κ3) is 3.16. The highest BCUT2D eigenvalue weighted by molar-refractivity contribution is 14.1. The fourth-order valence-electron chi connectivity index (χ4n) is 1.87. The monoisotopic (exact) mass is 317 g/mol. The Morgan fingerprint density at radius 3 is 3.13 bits per heavy atom. The number of ether oxygens (including phenoxy) is 1. The van der Waals surface area contributed by atoms with Crippen LogP contribution in [-0.2, 0) is 11.3 Å². The van der Waals surface area contributed by atoms with E-state index in [2.05, 4.69) is 58.7 Å². The molecular weight excluding hydrogens is 301 g/mol. The molecule has 82 valence electrons. The van der Waals surface area contributed by atoms with Crippen molar-refractivity contribution < 1.29 is 4.74 Å². The predicted molar refractivity (Wildman–Crippen MR) is 69.9 cm³/mol. The minimum atomic E-state index is 0.539. The second-order valence-corrected chi connectivity index (χ2v) is 5.27. The van der Waals surface area contributed by atoms with Crippen LogP contribution in [0.15, 0.2) is 24.3 Å². The Hall–Kier alpha value is -0.130. The molecule has 1 aromatic rings. The third-order valence-electron chi connectivity index (χ3n) is 2.78. The van der Waals surface area contributed by atoms with Gasteiger partial charge >= 0.3 is 0 Å². The Labute approximate surface area is 105 Å². The molecule has 1 heterocycles. The first-order valence-electron chi connectivity index (χ1n) is 5.32. The van der Waals surface area contributed by atoms with Crippen LogP contribution in [0.2, 0.25) is 0 Å². The molecule has 1 unspecified atom stereocenters. The van der Waals surface area contributed by atoms with Gasteiger partial charge in [-0.3, -0.25) is 4.90 Å². The fraction of sp³-hybridized carbons (Fsp3) is 0.500. The van der Waals surface area contributed by atoms with Crippen molar-refractivity contribution in [3.8, 4) is 0 Å². The summed E-state index contributed by atoms with van der Waals surface area (Å²) in [5.41, 5.74) is 1.40. The second kappa shape index (κ2) is 5.27. The number of hydrogen-bond acceptors (Lipinski definition) is 2. The SMILES string of the molecule is CC1COCCN1Cc1cccc(I)c1. The Kier molecular flexibility index (Phi) is 3.99. The van der Waals surface area contributed by atoms with E-state index in [0.717, 1.165) is 26.3 Å². The number of morpholine rings is 1. The predicted octanol–water partition coefficient (Wildman–Crippen LogP) is 2.51. The van der Waals surface area contributed by atoms with Crippen LogP contribution < -0.4 is 0 Å². The normalized spacial score (nSPS) is 22.9. The quantitative estimate of drug-likeness (QED) is 0.777. The van der Waals surface area contributed by atoms with Gasteiger partial charge in [0.15, 0.2) is 0 Å². The Bertz CT molecular complexity index is 329. The van der Waals surface area contributed by atoms with Gasteiger partial charge in [0.25, 0.3) is 0 Å². The molecule has 1 aliphatic heterocycles. The van der Waals surface area contributed by atoms with Gasteiger partial charge < -0.3 is 4.74 Å². The van der Waals surface area contributed by atoms with Gasteiger partial charge in [-0.05, 0) is 47.2 Å². The molecule has 0 N–H and O–H groups in total. The molecule has 0 aromatic heterocycles. The zero-order valence-corrected chi connectivity index (χ0v) is 11.1. The van der Waals surface area contributed by atoms with Crippen molar-refractivity contribution in [1.29, 1.82) is 0 Å². The Morgan fingerprint density at radius 1 is 1.53 bits per heavy atom. The van der Waals surface area contributed by atoms with Gasteiger partial charge in [-0.15, -0.1) is 0 Å². The minimum Gasteiger partial charge on any atom is -0.379 e. The standard InChI is InChI=1S/C12H16INO/c1-10-9-15-6-5-14(10)8-11-3-2-4-12(13)7-11/h2-4,7,10H,5-6,8-9H2,1H3. The summed E-state index contributed by atoms with van der Waals surface area (Å²) in [6.45, 7) is 6.05. The third-order valence-corrected chi connectivity index (χ3v) is 3.45. The summed E-state index contributed by atoms with van der Waals surface area (Å²) in [6, 6.07) is 9.25. The van der Waals surface area contributed by atoms with Crippen molar-refractivity contribution >= 4 is 22.6 Å². The first kappa shape index (κ1) is 11.4. The molecule has 1 atom stereocenters. The van der Waals surface area contributed by atoms with E-state index in [1.54, 1.807) is 0 Å². The maximum atomic E-state index is 5.43. The van der Waals surface area contributed by atoms with Crippen molar-refractivity contribution in [3.63, 3.8) is 0 Å². The molecule has 2 nitrogen and oxygen atoms in total. The van der Waals surface area contributed by atoms with Crippen molar-refractivity contribution in [3.05, 3.63) is 33.4 Å². The minimum absolute atomic E-state index is 0.539. The zero-order chi connectivity index (χ0) is 10.7. The highest BCUT2D eigenvalue weighted by Crippen LogP contribution is 2.14. The zero-order valence-electron chi connectivity index (χ0n) is 8.95. The molecule has 2 rings (SSSR count). The van der Waals surface area contributed by atoms with Gasteiger partial charge in [0.2, 0.25) is 0 Å². The summed E-state index contributed by atoms with van der Waals surface area (Å²) in [7, 11) is 0. The largest absolute Gasteiger partial charge is 0.379 e. The maximum Gasteiger partial charge on any atom is 0.0619 e. The summed E-state index contributed by atoms with van der Waals surface area (Å²) in [5.74, 6) is 0. The lowest BCUT2D eigenvalue weighted by Gasteiger charge is -2.33. The molecular formula is C12H16INO. The molecule has 0 saturated carbocycles. The molecule has 0 radical (unpaired) electrons.